The molecule has 0 aromatic rings. The van der Waals surface area contributed by atoms with Gasteiger partial charge in [-0.2, -0.15) is 0 Å². The van der Waals surface area contributed by atoms with E-state index in [9.17, 15) is 0 Å². The second-order valence-corrected chi connectivity index (χ2v) is 2.49. The largest absolute Gasteiger partial charge is 0.376 e. The summed E-state index contributed by atoms with van der Waals surface area (Å²) in [5.74, 6) is 0. The zero-order valence-corrected chi connectivity index (χ0v) is 5.60. The molecule has 1 atom stereocenters. The number of nitrogens with two attached hydrogens (primary N) is 1. The lowest BCUT2D eigenvalue weighted by Crippen LogP contribution is -2.48. The van der Waals surface area contributed by atoms with E-state index in [1.165, 1.54) is 0 Å². The van der Waals surface area contributed by atoms with Gasteiger partial charge in [0.25, 0.3) is 0 Å². The van der Waals surface area contributed by atoms with Crippen molar-refractivity contribution >= 4 is 0 Å². The van der Waals surface area contributed by atoms with Crippen molar-refractivity contribution in [1.82, 2.24) is 5.32 Å². The first-order valence-electron chi connectivity index (χ1n) is 2.67. The average molecular weight is 118 g/mol. The van der Waals surface area contributed by atoms with Crippen LogP contribution < -0.4 is 11.1 Å². The fourth-order valence-electron chi connectivity index (χ4n) is 0.557. The summed E-state index contributed by atoms with van der Waals surface area (Å²) in [5, 5.41) is 11.7. The third kappa shape index (κ3) is 5.88. The van der Waals surface area contributed by atoms with Gasteiger partial charge >= 0.3 is 0 Å². The first kappa shape index (κ1) is 7.88. The molecule has 8 heavy (non-hydrogen) atoms. The Morgan fingerprint density at radius 2 is 2.00 bits per heavy atom. The van der Waals surface area contributed by atoms with Crippen molar-refractivity contribution < 1.29 is 5.11 Å². The quantitative estimate of drug-likeness (QED) is 0.433. The Bertz CT molecular complexity index is 65.3. The second kappa shape index (κ2) is 2.44. The predicted octanol–water partition coefficient (Wildman–Crippen LogP) is -0.391. The summed E-state index contributed by atoms with van der Waals surface area (Å²) in [6.07, 6.45) is -0.157. The summed E-state index contributed by atoms with van der Waals surface area (Å²) in [6, 6.07) is 0. The van der Waals surface area contributed by atoms with Crippen LogP contribution in [0.3, 0.4) is 0 Å². The maximum atomic E-state index is 9.00. The van der Waals surface area contributed by atoms with E-state index >= 15 is 0 Å². The molecule has 1 unspecified atom stereocenters. The Morgan fingerprint density at radius 1 is 1.62 bits per heavy atom. The summed E-state index contributed by atoms with van der Waals surface area (Å²) in [6.45, 7) is 5.07. The molecule has 0 saturated heterocycles. The molecule has 0 spiro atoms. The smallest absolute Gasteiger partial charge is 0.111 e. The Balaban J connectivity index is 3.39. The Hall–Kier alpha value is -0.120. The summed E-state index contributed by atoms with van der Waals surface area (Å²) < 4.78 is 0. The van der Waals surface area contributed by atoms with Crippen LogP contribution in [-0.2, 0) is 0 Å². The van der Waals surface area contributed by atoms with Crippen molar-refractivity contribution in [3.05, 3.63) is 0 Å². The molecule has 3 heteroatoms. The molecule has 0 aromatic carbocycles. The lowest BCUT2D eigenvalue weighted by Gasteiger charge is -2.21. The molecule has 3 nitrogen and oxygen atoms in total. The van der Waals surface area contributed by atoms with Gasteiger partial charge < -0.3 is 10.8 Å². The zero-order chi connectivity index (χ0) is 6.78. The van der Waals surface area contributed by atoms with E-state index in [1.807, 2.05) is 0 Å². The molecule has 0 amide bonds. The molecule has 0 aliphatic carbocycles. The summed E-state index contributed by atoms with van der Waals surface area (Å²) in [7, 11) is 0. The van der Waals surface area contributed by atoms with Crippen molar-refractivity contribution in [3.63, 3.8) is 0 Å². The fourth-order valence-corrected chi connectivity index (χ4v) is 0.557. The van der Waals surface area contributed by atoms with E-state index in [2.05, 4.69) is 5.32 Å². The molecule has 4 N–H and O–H groups in total. The number of hydrogen-bond acceptors (Lipinski definition) is 3. The SMILES string of the molecule is CC(N)NC(C)(C)O. The lowest BCUT2D eigenvalue weighted by atomic mass is 10.3. The van der Waals surface area contributed by atoms with Crippen LogP contribution >= 0.6 is 0 Å². The maximum absolute atomic E-state index is 9.00. The van der Waals surface area contributed by atoms with Crippen LogP contribution in [0, 0.1) is 0 Å². The first-order valence-corrected chi connectivity index (χ1v) is 2.67. The summed E-state index contributed by atoms with van der Waals surface area (Å²) >= 11 is 0. The molecule has 50 valence electrons. The van der Waals surface area contributed by atoms with Crippen LogP contribution in [0.2, 0.25) is 0 Å². The monoisotopic (exact) mass is 118 g/mol. The molecule has 0 rings (SSSR count). The van der Waals surface area contributed by atoms with Gasteiger partial charge in [0.2, 0.25) is 0 Å². The van der Waals surface area contributed by atoms with Crippen LogP contribution in [-0.4, -0.2) is 17.0 Å². The minimum atomic E-state index is -0.853. The van der Waals surface area contributed by atoms with E-state index in [0.29, 0.717) is 0 Å². The van der Waals surface area contributed by atoms with Crippen LogP contribution in [0.4, 0.5) is 0 Å². The first-order chi connectivity index (χ1) is 3.42. The van der Waals surface area contributed by atoms with Crippen LogP contribution in [0.1, 0.15) is 20.8 Å². The van der Waals surface area contributed by atoms with Gasteiger partial charge in [0, 0.05) is 0 Å². The van der Waals surface area contributed by atoms with Gasteiger partial charge in [-0.3, -0.25) is 5.32 Å². The van der Waals surface area contributed by atoms with E-state index in [4.69, 9.17) is 10.8 Å². The molecular weight excluding hydrogens is 104 g/mol. The van der Waals surface area contributed by atoms with Gasteiger partial charge in [-0.15, -0.1) is 0 Å². The molecule has 0 aliphatic rings. The highest BCUT2D eigenvalue weighted by Gasteiger charge is 2.11. The lowest BCUT2D eigenvalue weighted by molar-refractivity contribution is 0.0339. The third-order valence-corrected chi connectivity index (χ3v) is 0.581. The second-order valence-electron chi connectivity index (χ2n) is 2.49. The van der Waals surface area contributed by atoms with E-state index < -0.39 is 5.72 Å². The molecule has 0 radical (unpaired) electrons. The zero-order valence-electron chi connectivity index (χ0n) is 5.60. The molecular formula is C5H14N2O. The standard InChI is InChI=1S/C5H14N2O/c1-4(6)7-5(2,3)8/h4,7-8H,6H2,1-3H3. The summed E-state index contributed by atoms with van der Waals surface area (Å²) in [5.41, 5.74) is 4.45. The minimum absolute atomic E-state index is 0.157. The van der Waals surface area contributed by atoms with Gasteiger partial charge in [-0.1, -0.05) is 0 Å². The van der Waals surface area contributed by atoms with Gasteiger partial charge in [-0.05, 0) is 20.8 Å². The topological polar surface area (TPSA) is 58.3 Å². The van der Waals surface area contributed by atoms with Crippen molar-refractivity contribution in [1.29, 1.82) is 0 Å². The van der Waals surface area contributed by atoms with Crippen LogP contribution in [0.15, 0.2) is 0 Å². The molecule has 0 bridgehead atoms. The molecule has 0 fully saturated rings. The van der Waals surface area contributed by atoms with Gasteiger partial charge in [-0.25, -0.2) is 0 Å². The number of aliphatic hydroxyl groups is 1. The molecule has 0 saturated carbocycles. The molecule has 0 aliphatic heterocycles. The highest BCUT2D eigenvalue weighted by molar-refractivity contribution is 4.63. The summed E-state index contributed by atoms with van der Waals surface area (Å²) in [4.78, 5) is 0. The number of rotatable bonds is 2. The van der Waals surface area contributed by atoms with Gasteiger partial charge in [0.15, 0.2) is 0 Å². The minimum Gasteiger partial charge on any atom is -0.376 e. The van der Waals surface area contributed by atoms with E-state index in [0.717, 1.165) is 0 Å². The third-order valence-electron chi connectivity index (χ3n) is 0.581. The Morgan fingerprint density at radius 3 is 2.00 bits per heavy atom. The van der Waals surface area contributed by atoms with Crippen molar-refractivity contribution in [2.24, 2.45) is 5.73 Å². The van der Waals surface area contributed by atoms with Crippen molar-refractivity contribution in [2.45, 2.75) is 32.7 Å². The Labute approximate surface area is 49.9 Å². The van der Waals surface area contributed by atoms with E-state index in [1.54, 1.807) is 20.8 Å². The highest BCUT2D eigenvalue weighted by Crippen LogP contribution is 1.93. The Kier molecular flexibility index (Phi) is 2.40. The number of hydrogen-bond donors (Lipinski definition) is 3. The maximum Gasteiger partial charge on any atom is 0.111 e. The average Bonchev–Trinajstić information content (AvgIpc) is 1.21. The van der Waals surface area contributed by atoms with E-state index in [-0.39, 0.29) is 6.17 Å². The van der Waals surface area contributed by atoms with Crippen LogP contribution in [0.5, 0.6) is 0 Å². The molecule has 0 heterocycles. The molecule has 0 aromatic heterocycles. The van der Waals surface area contributed by atoms with Crippen molar-refractivity contribution in [3.8, 4) is 0 Å². The van der Waals surface area contributed by atoms with Crippen molar-refractivity contribution in [2.75, 3.05) is 0 Å². The highest BCUT2D eigenvalue weighted by atomic mass is 16.3. The van der Waals surface area contributed by atoms with Gasteiger partial charge in [0.05, 0.1) is 6.17 Å². The normalized spacial score (nSPS) is 16.1. The van der Waals surface area contributed by atoms with Crippen LogP contribution in [0.25, 0.3) is 0 Å². The predicted molar refractivity (Wildman–Crippen MR) is 33.1 cm³/mol. The fraction of sp³-hybridized carbons (Fsp3) is 1.00. The van der Waals surface area contributed by atoms with Gasteiger partial charge in [0.1, 0.15) is 5.72 Å². The number of nitrogens with one attached hydrogen (secondary N) is 1.